The number of anilines is 1. The molecule has 1 saturated carbocycles. The standard InChI is InChI=1S/C17H20N2O5/c1-10(20)18-14-8-3-2-7-13(14)16(22)19-15(17(23)24)11-5-4-6-12(21)9-11/h2-3,7-8,11,15H,4-6,9H2,1H3,(H,18,20)(H,19,22)(H,23,24)/t11-,15-/m0/s1. The highest BCUT2D eigenvalue weighted by Gasteiger charge is 2.33. The number of rotatable bonds is 5. The van der Waals surface area contributed by atoms with Gasteiger partial charge in [0.1, 0.15) is 11.8 Å². The lowest BCUT2D eigenvalue weighted by atomic mass is 9.83. The third-order valence-corrected chi connectivity index (χ3v) is 4.03. The van der Waals surface area contributed by atoms with E-state index in [9.17, 15) is 24.3 Å². The topological polar surface area (TPSA) is 113 Å². The van der Waals surface area contributed by atoms with Gasteiger partial charge in [0.2, 0.25) is 5.91 Å². The van der Waals surface area contributed by atoms with E-state index in [0.717, 1.165) is 0 Å². The summed E-state index contributed by atoms with van der Waals surface area (Å²) in [5.74, 6) is -2.49. The van der Waals surface area contributed by atoms with E-state index >= 15 is 0 Å². The monoisotopic (exact) mass is 332 g/mol. The molecular formula is C17H20N2O5. The van der Waals surface area contributed by atoms with Crippen molar-refractivity contribution in [3.05, 3.63) is 29.8 Å². The maximum absolute atomic E-state index is 12.5. The van der Waals surface area contributed by atoms with Crippen LogP contribution in [0.25, 0.3) is 0 Å². The molecule has 0 bridgehead atoms. The maximum Gasteiger partial charge on any atom is 0.326 e. The summed E-state index contributed by atoms with van der Waals surface area (Å²) in [6, 6.07) is 5.23. The lowest BCUT2D eigenvalue weighted by Crippen LogP contribution is -2.47. The first-order valence-electron chi connectivity index (χ1n) is 7.80. The summed E-state index contributed by atoms with van der Waals surface area (Å²) < 4.78 is 0. The average Bonchev–Trinajstić information content (AvgIpc) is 2.52. The molecule has 0 heterocycles. The van der Waals surface area contributed by atoms with Crippen molar-refractivity contribution in [3.63, 3.8) is 0 Å². The Kier molecular flexibility index (Phi) is 5.68. The molecule has 1 aliphatic carbocycles. The smallest absolute Gasteiger partial charge is 0.326 e. The van der Waals surface area contributed by atoms with Crippen LogP contribution in [0.15, 0.2) is 24.3 Å². The van der Waals surface area contributed by atoms with Crippen LogP contribution in [0.3, 0.4) is 0 Å². The zero-order valence-electron chi connectivity index (χ0n) is 13.4. The number of carbonyl (C=O) groups excluding carboxylic acids is 3. The summed E-state index contributed by atoms with van der Waals surface area (Å²) in [5, 5.41) is 14.5. The molecule has 1 aliphatic rings. The van der Waals surface area contributed by atoms with Crippen LogP contribution in [-0.2, 0) is 14.4 Å². The van der Waals surface area contributed by atoms with E-state index in [2.05, 4.69) is 10.6 Å². The number of carbonyl (C=O) groups is 4. The summed E-state index contributed by atoms with van der Waals surface area (Å²) >= 11 is 0. The van der Waals surface area contributed by atoms with Crippen molar-refractivity contribution < 1.29 is 24.3 Å². The van der Waals surface area contributed by atoms with Crippen molar-refractivity contribution in [2.24, 2.45) is 5.92 Å². The van der Waals surface area contributed by atoms with Gasteiger partial charge in [-0.1, -0.05) is 12.1 Å². The van der Waals surface area contributed by atoms with Crippen molar-refractivity contribution in [2.45, 2.75) is 38.6 Å². The van der Waals surface area contributed by atoms with Crippen LogP contribution in [0.4, 0.5) is 5.69 Å². The van der Waals surface area contributed by atoms with Crippen LogP contribution in [-0.4, -0.2) is 34.7 Å². The fourth-order valence-electron chi connectivity index (χ4n) is 2.92. The number of Topliss-reactive ketones (excluding diaryl/α,β-unsaturated/α-hetero) is 1. The molecule has 0 radical (unpaired) electrons. The van der Waals surface area contributed by atoms with Crippen molar-refractivity contribution >= 4 is 29.3 Å². The molecule has 2 amide bonds. The Morgan fingerprint density at radius 2 is 1.96 bits per heavy atom. The van der Waals surface area contributed by atoms with E-state index in [0.29, 0.717) is 24.9 Å². The van der Waals surface area contributed by atoms with E-state index in [1.54, 1.807) is 18.2 Å². The fraction of sp³-hybridized carbons (Fsp3) is 0.412. The lowest BCUT2D eigenvalue weighted by Gasteiger charge is -2.27. The zero-order valence-corrected chi connectivity index (χ0v) is 13.4. The molecule has 7 nitrogen and oxygen atoms in total. The van der Waals surface area contributed by atoms with E-state index in [1.165, 1.54) is 13.0 Å². The molecule has 128 valence electrons. The van der Waals surface area contributed by atoms with Gasteiger partial charge in [-0.3, -0.25) is 14.4 Å². The minimum absolute atomic E-state index is 0.0189. The van der Waals surface area contributed by atoms with Gasteiger partial charge in [0.25, 0.3) is 5.91 Å². The molecule has 2 atom stereocenters. The molecule has 0 saturated heterocycles. The first-order chi connectivity index (χ1) is 11.4. The third kappa shape index (κ3) is 4.41. The molecule has 3 N–H and O–H groups in total. The van der Waals surface area contributed by atoms with Gasteiger partial charge in [0.15, 0.2) is 0 Å². The molecule has 1 aromatic carbocycles. The molecule has 24 heavy (non-hydrogen) atoms. The van der Waals surface area contributed by atoms with Crippen molar-refractivity contribution in [3.8, 4) is 0 Å². The van der Waals surface area contributed by atoms with Gasteiger partial charge in [-0.05, 0) is 30.9 Å². The van der Waals surface area contributed by atoms with E-state index in [1.807, 2.05) is 0 Å². The second kappa shape index (κ2) is 7.72. The Hall–Kier alpha value is -2.70. The zero-order chi connectivity index (χ0) is 17.7. The summed E-state index contributed by atoms with van der Waals surface area (Å²) in [6.45, 7) is 1.32. The summed E-state index contributed by atoms with van der Waals surface area (Å²) in [4.78, 5) is 46.8. The molecular weight excluding hydrogens is 312 g/mol. The molecule has 1 fully saturated rings. The molecule has 0 spiro atoms. The lowest BCUT2D eigenvalue weighted by molar-refractivity contribution is -0.141. The second-order valence-electron chi connectivity index (χ2n) is 5.91. The van der Waals surface area contributed by atoms with Gasteiger partial charge in [-0.15, -0.1) is 0 Å². The maximum atomic E-state index is 12.5. The van der Waals surface area contributed by atoms with Gasteiger partial charge in [0.05, 0.1) is 11.3 Å². The van der Waals surface area contributed by atoms with Crippen LogP contribution in [0, 0.1) is 5.92 Å². The number of amides is 2. The minimum Gasteiger partial charge on any atom is -0.480 e. The van der Waals surface area contributed by atoms with Crippen LogP contribution in [0.5, 0.6) is 0 Å². The highest BCUT2D eigenvalue weighted by molar-refractivity contribution is 6.04. The number of nitrogens with one attached hydrogen (secondary N) is 2. The first-order valence-corrected chi connectivity index (χ1v) is 7.80. The number of para-hydroxylation sites is 1. The predicted molar refractivity (Wildman–Crippen MR) is 86.6 cm³/mol. The first kappa shape index (κ1) is 17.7. The number of benzene rings is 1. The van der Waals surface area contributed by atoms with E-state index in [-0.39, 0.29) is 23.7 Å². The minimum atomic E-state index is -1.17. The molecule has 0 aromatic heterocycles. The van der Waals surface area contributed by atoms with Crippen molar-refractivity contribution in [1.29, 1.82) is 0 Å². The Labute approximate surface area is 139 Å². The summed E-state index contributed by atoms with van der Waals surface area (Å²) in [5.41, 5.74) is 0.493. The summed E-state index contributed by atoms with van der Waals surface area (Å²) in [7, 11) is 0. The molecule has 7 heteroatoms. The van der Waals surface area contributed by atoms with Crippen molar-refractivity contribution in [1.82, 2.24) is 5.32 Å². The average molecular weight is 332 g/mol. The quantitative estimate of drug-likeness (QED) is 0.758. The summed E-state index contributed by atoms with van der Waals surface area (Å²) in [6.07, 6.45) is 1.83. The normalized spacial score (nSPS) is 18.5. The van der Waals surface area contributed by atoms with Crippen molar-refractivity contribution in [2.75, 3.05) is 5.32 Å². The van der Waals surface area contributed by atoms with Crippen LogP contribution in [0.1, 0.15) is 43.0 Å². The molecule has 2 rings (SSSR count). The van der Waals surface area contributed by atoms with E-state index < -0.39 is 23.8 Å². The van der Waals surface area contributed by atoms with Gasteiger partial charge >= 0.3 is 5.97 Å². The predicted octanol–water partition coefficient (Wildman–Crippen LogP) is 1.59. The third-order valence-electron chi connectivity index (χ3n) is 4.03. The Balaban J connectivity index is 2.18. The van der Waals surface area contributed by atoms with Gasteiger partial charge < -0.3 is 15.7 Å². The SMILES string of the molecule is CC(=O)Nc1ccccc1C(=O)N[C@H](C(=O)O)[C@H]1CCCC(=O)C1. The number of ketones is 1. The van der Waals surface area contributed by atoms with Gasteiger partial charge in [-0.2, -0.15) is 0 Å². The Morgan fingerprint density at radius 1 is 1.25 bits per heavy atom. The fourth-order valence-corrected chi connectivity index (χ4v) is 2.92. The van der Waals surface area contributed by atoms with Crippen LogP contribution in [0.2, 0.25) is 0 Å². The van der Waals surface area contributed by atoms with Crippen LogP contribution >= 0.6 is 0 Å². The molecule has 0 unspecified atom stereocenters. The highest BCUT2D eigenvalue weighted by Crippen LogP contribution is 2.25. The van der Waals surface area contributed by atoms with Gasteiger partial charge in [0, 0.05) is 19.8 Å². The Morgan fingerprint density at radius 3 is 2.58 bits per heavy atom. The number of carboxylic acids is 1. The van der Waals surface area contributed by atoms with Gasteiger partial charge in [-0.25, -0.2) is 4.79 Å². The molecule has 1 aromatic rings. The number of hydrogen-bond donors (Lipinski definition) is 3. The van der Waals surface area contributed by atoms with E-state index in [4.69, 9.17) is 0 Å². The number of carboxylic acid groups (broad SMARTS) is 1. The van der Waals surface area contributed by atoms with Crippen LogP contribution < -0.4 is 10.6 Å². The molecule has 0 aliphatic heterocycles. The Bertz CT molecular complexity index is 671. The largest absolute Gasteiger partial charge is 0.480 e. The highest BCUT2D eigenvalue weighted by atomic mass is 16.4. The number of aliphatic carboxylic acids is 1. The number of hydrogen-bond acceptors (Lipinski definition) is 4. The second-order valence-corrected chi connectivity index (χ2v) is 5.91.